The molecule has 2 aromatic heterocycles. The van der Waals surface area contributed by atoms with Crippen LogP contribution < -0.4 is 0 Å². The SMILES string of the molecule is Cc1nnc(Sc2c(C(=O)O)c(C)nn2C)s1. The molecular formula is C9H10N4O2S2. The van der Waals surface area contributed by atoms with E-state index in [1.807, 2.05) is 6.92 Å². The molecule has 0 atom stereocenters. The van der Waals surface area contributed by atoms with Gasteiger partial charge in [-0.3, -0.25) is 4.68 Å². The normalized spacial score (nSPS) is 10.8. The van der Waals surface area contributed by atoms with Crippen molar-refractivity contribution in [2.45, 2.75) is 23.2 Å². The van der Waals surface area contributed by atoms with Crippen LogP contribution in [-0.2, 0) is 7.05 Å². The van der Waals surface area contributed by atoms with Crippen molar-refractivity contribution in [2.24, 2.45) is 7.05 Å². The molecule has 90 valence electrons. The van der Waals surface area contributed by atoms with Crippen LogP contribution in [0.15, 0.2) is 9.37 Å². The van der Waals surface area contributed by atoms with Crippen molar-refractivity contribution in [3.63, 3.8) is 0 Å². The minimum Gasteiger partial charge on any atom is -0.478 e. The molecule has 0 aliphatic rings. The predicted molar refractivity (Wildman–Crippen MR) is 63.7 cm³/mol. The largest absolute Gasteiger partial charge is 0.478 e. The van der Waals surface area contributed by atoms with Gasteiger partial charge in [-0.05, 0) is 25.6 Å². The zero-order valence-electron chi connectivity index (χ0n) is 9.46. The second-order valence-corrected chi connectivity index (χ2v) is 5.80. The van der Waals surface area contributed by atoms with E-state index < -0.39 is 5.97 Å². The van der Waals surface area contributed by atoms with E-state index in [1.54, 1.807) is 18.7 Å². The second-order valence-electron chi connectivity index (χ2n) is 3.38. The van der Waals surface area contributed by atoms with Crippen LogP contribution in [0.1, 0.15) is 21.1 Å². The van der Waals surface area contributed by atoms with Crippen LogP contribution >= 0.6 is 23.1 Å². The van der Waals surface area contributed by atoms with Gasteiger partial charge in [-0.1, -0.05) is 11.3 Å². The molecule has 0 saturated carbocycles. The third kappa shape index (κ3) is 2.32. The van der Waals surface area contributed by atoms with Crippen LogP contribution in [0.5, 0.6) is 0 Å². The maximum Gasteiger partial charge on any atom is 0.340 e. The molecule has 0 aromatic carbocycles. The number of hydrogen-bond donors (Lipinski definition) is 1. The number of nitrogens with zero attached hydrogens (tertiary/aromatic N) is 4. The molecule has 2 heterocycles. The molecule has 0 aliphatic heterocycles. The lowest BCUT2D eigenvalue weighted by Crippen LogP contribution is -2.00. The van der Waals surface area contributed by atoms with Crippen molar-refractivity contribution in [1.82, 2.24) is 20.0 Å². The maximum atomic E-state index is 11.2. The smallest absolute Gasteiger partial charge is 0.340 e. The highest BCUT2D eigenvalue weighted by Gasteiger charge is 2.21. The van der Waals surface area contributed by atoms with Crippen LogP contribution in [0.4, 0.5) is 0 Å². The molecule has 17 heavy (non-hydrogen) atoms. The molecular weight excluding hydrogens is 260 g/mol. The monoisotopic (exact) mass is 270 g/mol. The van der Waals surface area contributed by atoms with Gasteiger partial charge in [0.25, 0.3) is 0 Å². The zero-order valence-corrected chi connectivity index (χ0v) is 11.1. The van der Waals surface area contributed by atoms with Crippen molar-refractivity contribution in [1.29, 1.82) is 0 Å². The van der Waals surface area contributed by atoms with E-state index in [0.29, 0.717) is 15.1 Å². The third-order valence-electron chi connectivity index (χ3n) is 2.07. The van der Waals surface area contributed by atoms with Crippen LogP contribution in [0.25, 0.3) is 0 Å². The fourth-order valence-corrected chi connectivity index (χ4v) is 3.34. The van der Waals surface area contributed by atoms with Gasteiger partial charge in [0, 0.05) is 7.05 Å². The number of aromatic carboxylic acids is 1. The molecule has 0 fully saturated rings. The van der Waals surface area contributed by atoms with Gasteiger partial charge in [-0.2, -0.15) is 5.10 Å². The van der Waals surface area contributed by atoms with Crippen molar-refractivity contribution in [3.05, 3.63) is 16.3 Å². The number of carboxylic acid groups (broad SMARTS) is 1. The van der Waals surface area contributed by atoms with Crippen molar-refractivity contribution < 1.29 is 9.90 Å². The third-order valence-corrected chi connectivity index (χ3v) is 4.13. The second kappa shape index (κ2) is 4.46. The first kappa shape index (κ1) is 12.1. The maximum absolute atomic E-state index is 11.2. The highest BCUT2D eigenvalue weighted by Crippen LogP contribution is 2.33. The van der Waals surface area contributed by atoms with Crippen LogP contribution in [-0.4, -0.2) is 31.1 Å². The quantitative estimate of drug-likeness (QED) is 0.915. The van der Waals surface area contributed by atoms with Crippen molar-refractivity contribution in [2.75, 3.05) is 0 Å². The molecule has 0 radical (unpaired) electrons. The summed E-state index contributed by atoms with van der Waals surface area (Å²) in [4.78, 5) is 11.2. The van der Waals surface area contributed by atoms with Gasteiger partial charge >= 0.3 is 5.97 Å². The average Bonchev–Trinajstić information content (AvgIpc) is 2.72. The lowest BCUT2D eigenvalue weighted by Gasteiger charge is -1.99. The summed E-state index contributed by atoms with van der Waals surface area (Å²) in [6.45, 7) is 3.53. The van der Waals surface area contributed by atoms with E-state index in [1.165, 1.54) is 23.1 Å². The molecule has 0 amide bonds. The zero-order chi connectivity index (χ0) is 12.6. The minimum absolute atomic E-state index is 0.227. The Morgan fingerprint density at radius 1 is 1.41 bits per heavy atom. The Bertz CT molecular complexity index is 576. The summed E-state index contributed by atoms with van der Waals surface area (Å²) >= 11 is 2.70. The van der Waals surface area contributed by atoms with Gasteiger partial charge in [0.2, 0.25) is 0 Å². The van der Waals surface area contributed by atoms with Crippen molar-refractivity contribution >= 4 is 29.1 Å². The lowest BCUT2D eigenvalue weighted by atomic mass is 10.3. The molecule has 1 N–H and O–H groups in total. The van der Waals surface area contributed by atoms with Gasteiger partial charge < -0.3 is 5.11 Å². The number of carbonyl (C=O) groups is 1. The molecule has 0 spiro atoms. The first-order valence-corrected chi connectivity index (χ1v) is 6.37. The number of aryl methyl sites for hydroxylation is 3. The Balaban J connectivity index is 2.41. The Labute approximate surface area is 106 Å². The molecule has 6 nitrogen and oxygen atoms in total. The number of aromatic nitrogens is 4. The van der Waals surface area contributed by atoms with Gasteiger partial charge in [0.05, 0.1) is 5.69 Å². The van der Waals surface area contributed by atoms with Gasteiger partial charge in [-0.25, -0.2) is 4.79 Å². The molecule has 2 aromatic rings. The van der Waals surface area contributed by atoms with Gasteiger partial charge in [0.1, 0.15) is 15.6 Å². The van der Waals surface area contributed by atoms with Gasteiger partial charge in [-0.15, -0.1) is 10.2 Å². The summed E-state index contributed by atoms with van der Waals surface area (Å²) in [5, 5.41) is 22.5. The van der Waals surface area contributed by atoms with E-state index in [4.69, 9.17) is 5.11 Å². The molecule has 2 rings (SSSR count). The number of carboxylic acids is 1. The van der Waals surface area contributed by atoms with Crippen LogP contribution in [0.2, 0.25) is 0 Å². The van der Waals surface area contributed by atoms with Crippen LogP contribution in [0, 0.1) is 13.8 Å². The minimum atomic E-state index is -0.973. The lowest BCUT2D eigenvalue weighted by molar-refractivity contribution is 0.0692. The fraction of sp³-hybridized carbons (Fsp3) is 0.333. The summed E-state index contributed by atoms with van der Waals surface area (Å²) in [5.41, 5.74) is 0.731. The number of rotatable bonds is 3. The van der Waals surface area contributed by atoms with Gasteiger partial charge in [0.15, 0.2) is 4.34 Å². The molecule has 0 aliphatic carbocycles. The van der Waals surface area contributed by atoms with Crippen LogP contribution in [0.3, 0.4) is 0 Å². The highest BCUT2D eigenvalue weighted by atomic mass is 32.2. The van der Waals surface area contributed by atoms with E-state index >= 15 is 0 Å². The Hall–Kier alpha value is -1.41. The number of hydrogen-bond acceptors (Lipinski definition) is 6. The molecule has 0 saturated heterocycles. The van der Waals surface area contributed by atoms with E-state index in [2.05, 4.69) is 15.3 Å². The molecule has 0 bridgehead atoms. The average molecular weight is 270 g/mol. The Morgan fingerprint density at radius 2 is 2.12 bits per heavy atom. The first-order valence-electron chi connectivity index (χ1n) is 4.74. The Morgan fingerprint density at radius 3 is 2.65 bits per heavy atom. The molecule has 0 unspecified atom stereocenters. The summed E-state index contributed by atoms with van der Waals surface area (Å²) in [5.74, 6) is -0.973. The topological polar surface area (TPSA) is 80.9 Å². The van der Waals surface area contributed by atoms with Crippen molar-refractivity contribution in [3.8, 4) is 0 Å². The van der Waals surface area contributed by atoms with E-state index in [-0.39, 0.29) is 5.56 Å². The van der Waals surface area contributed by atoms with E-state index in [0.717, 1.165) is 5.01 Å². The fourth-order valence-electron chi connectivity index (χ4n) is 1.40. The summed E-state index contributed by atoms with van der Waals surface area (Å²) in [6.07, 6.45) is 0. The first-order chi connectivity index (χ1) is 7.99. The predicted octanol–water partition coefficient (Wildman–Crippen LogP) is 1.74. The van der Waals surface area contributed by atoms with E-state index in [9.17, 15) is 4.79 Å². The Kier molecular flexibility index (Phi) is 3.16. The standard InChI is InChI=1S/C9H10N4O2S2/c1-4-6(8(14)15)7(13(3)12-4)17-9-11-10-5(2)16-9/h1-3H3,(H,14,15). The summed E-state index contributed by atoms with van der Waals surface area (Å²) in [6, 6.07) is 0. The summed E-state index contributed by atoms with van der Waals surface area (Å²) in [7, 11) is 1.72. The molecule has 8 heteroatoms. The highest BCUT2D eigenvalue weighted by molar-refractivity contribution is 8.01. The summed E-state index contributed by atoms with van der Waals surface area (Å²) < 4.78 is 2.27.